The minimum atomic E-state index is 0.223. The first-order valence-corrected chi connectivity index (χ1v) is 6.31. The zero-order chi connectivity index (χ0) is 10.8. The summed E-state index contributed by atoms with van der Waals surface area (Å²) in [5.74, 6) is 0.223. The number of rotatable bonds is 0. The second-order valence-corrected chi connectivity index (χ2v) is 4.27. The number of amides is 1. The summed E-state index contributed by atoms with van der Waals surface area (Å²) in [6.07, 6.45) is 14.9. The SMILES string of the molecule is O=C1CCCCCCCC/C=C/CCN1. The summed E-state index contributed by atoms with van der Waals surface area (Å²) < 4.78 is 0. The van der Waals surface area contributed by atoms with Gasteiger partial charge in [0, 0.05) is 13.0 Å². The summed E-state index contributed by atoms with van der Waals surface area (Å²) in [5.41, 5.74) is 0. The molecule has 2 nitrogen and oxygen atoms in total. The van der Waals surface area contributed by atoms with Crippen LogP contribution in [0.2, 0.25) is 0 Å². The van der Waals surface area contributed by atoms with Crippen molar-refractivity contribution >= 4 is 5.91 Å². The molecule has 0 bridgehead atoms. The molecule has 0 unspecified atom stereocenters. The van der Waals surface area contributed by atoms with Crippen molar-refractivity contribution in [2.45, 2.75) is 57.8 Å². The van der Waals surface area contributed by atoms with Crippen LogP contribution in [-0.4, -0.2) is 12.5 Å². The molecule has 1 amide bonds. The Bertz CT molecular complexity index is 199. The number of carbonyl (C=O) groups is 1. The van der Waals surface area contributed by atoms with Crippen LogP contribution in [0.3, 0.4) is 0 Å². The molecule has 1 aliphatic rings. The van der Waals surface area contributed by atoms with Crippen molar-refractivity contribution in [1.82, 2.24) is 5.32 Å². The fraction of sp³-hybridized carbons (Fsp3) is 0.769. The Morgan fingerprint density at radius 1 is 0.867 bits per heavy atom. The van der Waals surface area contributed by atoms with Crippen molar-refractivity contribution in [3.8, 4) is 0 Å². The Hall–Kier alpha value is -0.790. The third-order valence-electron chi connectivity index (χ3n) is 2.82. The summed E-state index contributed by atoms with van der Waals surface area (Å²) >= 11 is 0. The monoisotopic (exact) mass is 209 g/mol. The van der Waals surface area contributed by atoms with E-state index in [2.05, 4.69) is 17.5 Å². The van der Waals surface area contributed by atoms with E-state index in [4.69, 9.17) is 0 Å². The Balaban J connectivity index is 2.21. The topological polar surface area (TPSA) is 29.1 Å². The first-order valence-electron chi connectivity index (χ1n) is 6.31. The summed E-state index contributed by atoms with van der Waals surface area (Å²) in [4.78, 5) is 11.3. The standard InChI is InChI=1S/C13H23NO/c15-13-11-9-7-5-3-1-2-4-6-8-10-12-14-13/h6,8H,1-5,7,9-12H2,(H,14,15)/b8-6+. The van der Waals surface area contributed by atoms with Crippen molar-refractivity contribution in [1.29, 1.82) is 0 Å². The highest BCUT2D eigenvalue weighted by atomic mass is 16.1. The lowest BCUT2D eigenvalue weighted by Crippen LogP contribution is -2.23. The molecule has 1 N–H and O–H groups in total. The molecule has 0 saturated heterocycles. The Kier molecular flexibility index (Phi) is 6.97. The van der Waals surface area contributed by atoms with Gasteiger partial charge < -0.3 is 5.32 Å². The van der Waals surface area contributed by atoms with Gasteiger partial charge in [0.15, 0.2) is 0 Å². The molecule has 2 heteroatoms. The lowest BCUT2D eigenvalue weighted by atomic mass is 10.1. The average Bonchev–Trinajstić information content (AvgIpc) is 2.24. The molecule has 0 aromatic rings. The van der Waals surface area contributed by atoms with Gasteiger partial charge in [-0.2, -0.15) is 0 Å². The first kappa shape index (κ1) is 12.3. The molecule has 0 aromatic carbocycles. The zero-order valence-electron chi connectivity index (χ0n) is 9.63. The second kappa shape index (κ2) is 8.51. The molecular formula is C13H23NO. The second-order valence-electron chi connectivity index (χ2n) is 4.27. The Morgan fingerprint density at radius 3 is 2.40 bits per heavy atom. The third kappa shape index (κ3) is 7.18. The van der Waals surface area contributed by atoms with E-state index in [0.717, 1.165) is 19.4 Å². The Morgan fingerprint density at radius 2 is 1.53 bits per heavy atom. The number of hydrogen-bond acceptors (Lipinski definition) is 1. The number of hydrogen-bond donors (Lipinski definition) is 1. The van der Waals surface area contributed by atoms with Crippen LogP contribution in [0, 0.1) is 0 Å². The smallest absolute Gasteiger partial charge is 0.220 e. The van der Waals surface area contributed by atoms with Crippen molar-refractivity contribution in [3.63, 3.8) is 0 Å². The van der Waals surface area contributed by atoms with Crippen LogP contribution in [0.5, 0.6) is 0 Å². The molecule has 0 spiro atoms. The van der Waals surface area contributed by atoms with E-state index in [1.54, 1.807) is 0 Å². The lowest BCUT2D eigenvalue weighted by molar-refractivity contribution is -0.121. The molecule has 0 atom stereocenters. The summed E-state index contributed by atoms with van der Waals surface area (Å²) in [5, 5.41) is 2.95. The summed E-state index contributed by atoms with van der Waals surface area (Å²) in [7, 11) is 0. The normalized spacial score (nSPS) is 23.9. The van der Waals surface area contributed by atoms with Gasteiger partial charge in [0.25, 0.3) is 0 Å². The highest BCUT2D eigenvalue weighted by Crippen LogP contribution is 2.09. The van der Waals surface area contributed by atoms with Gasteiger partial charge in [-0.1, -0.05) is 37.8 Å². The summed E-state index contributed by atoms with van der Waals surface area (Å²) in [6, 6.07) is 0. The minimum Gasteiger partial charge on any atom is -0.356 e. The third-order valence-corrected chi connectivity index (χ3v) is 2.82. The zero-order valence-corrected chi connectivity index (χ0v) is 9.63. The van der Waals surface area contributed by atoms with Gasteiger partial charge in [-0.3, -0.25) is 4.79 Å². The molecule has 1 aliphatic heterocycles. The average molecular weight is 209 g/mol. The van der Waals surface area contributed by atoms with E-state index in [1.165, 1.54) is 38.5 Å². The quantitative estimate of drug-likeness (QED) is 0.610. The molecular weight excluding hydrogens is 186 g/mol. The largest absolute Gasteiger partial charge is 0.356 e. The molecule has 0 fully saturated rings. The predicted molar refractivity (Wildman–Crippen MR) is 63.7 cm³/mol. The highest BCUT2D eigenvalue weighted by Gasteiger charge is 1.99. The Labute approximate surface area is 93.1 Å². The van der Waals surface area contributed by atoms with Gasteiger partial charge in [0.2, 0.25) is 5.91 Å². The molecule has 0 aliphatic carbocycles. The van der Waals surface area contributed by atoms with Crippen molar-refractivity contribution in [3.05, 3.63) is 12.2 Å². The molecule has 86 valence electrons. The van der Waals surface area contributed by atoms with Crippen LogP contribution in [0.25, 0.3) is 0 Å². The van der Waals surface area contributed by atoms with Gasteiger partial charge >= 0.3 is 0 Å². The minimum absolute atomic E-state index is 0.223. The fourth-order valence-corrected chi connectivity index (χ4v) is 1.87. The van der Waals surface area contributed by atoms with Gasteiger partial charge in [0.1, 0.15) is 0 Å². The van der Waals surface area contributed by atoms with Gasteiger partial charge in [0.05, 0.1) is 0 Å². The molecule has 0 aromatic heterocycles. The van der Waals surface area contributed by atoms with E-state index in [-0.39, 0.29) is 5.91 Å². The van der Waals surface area contributed by atoms with Gasteiger partial charge in [-0.25, -0.2) is 0 Å². The molecule has 1 heterocycles. The van der Waals surface area contributed by atoms with E-state index >= 15 is 0 Å². The number of carbonyl (C=O) groups excluding carboxylic acids is 1. The maximum absolute atomic E-state index is 11.3. The first-order chi connectivity index (χ1) is 7.39. The van der Waals surface area contributed by atoms with Gasteiger partial charge in [-0.15, -0.1) is 0 Å². The molecule has 0 radical (unpaired) electrons. The van der Waals surface area contributed by atoms with E-state index < -0.39 is 0 Å². The maximum atomic E-state index is 11.3. The van der Waals surface area contributed by atoms with Crippen LogP contribution >= 0.6 is 0 Å². The molecule has 1 rings (SSSR count). The van der Waals surface area contributed by atoms with Crippen LogP contribution in [0.1, 0.15) is 57.8 Å². The van der Waals surface area contributed by atoms with Gasteiger partial charge in [-0.05, 0) is 25.7 Å². The van der Waals surface area contributed by atoms with Crippen LogP contribution in [0.15, 0.2) is 12.2 Å². The predicted octanol–water partition coefficient (Wildman–Crippen LogP) is 3.18. The van der Waals surface area contributed by atoms with E-state index in [9.17, 15) is 4.79 Å². The van der Waals surface area contributed by atoms with Crippen molar-refractivity contribution < 1.29 is 4.79 Å². The van der Waals surface area contributed by atoms with Crippen LogP contribution in [-0.2, 0) is 4.79 Å². The van der Waals surface area contributed by atoms with Crippen molar-refractivity contribution in [2.24, 2.45) is 0 Å². The van der Waals surface area contributed by atoms with E-state index in [1.807, 2.05) is 0 Å². The molecule has 15 heavy (non-hydrogen) atoms. The maximum Gasteiger partial charge on any atom is 0.220 e. The van der Waals surface area contributed by atoms with Crippen LogP contribution in [0.4, 0.5) is 0 Å². The summed E-state index contributed by atoms with van der Waals surface area (Å²) in [6.45, 7) is 0.801. The fourth-order valence-electron chi connectivity index (χ4n) is 1.87. The van der Waals surface area contributed by atoms with Crippen molar-refractivity contribution in [2.75, 3.05) is 6.54 Å². The lowest BCUT2D eigenvalue weighted by Gasteiger charge is -2.04. The molecule has 0 saturated carbocycles. The van der Waals surface area contributed by atoms with E-state index in [0.29, 0.717) is 6.42 Å². The van der Waals surface area contributed by atoms with Crippen LogP contribution < -0.4 is 5.32 Å². The highest BCUT2D eigenvalue weighted by molar-refractivity contribution is 5.75. The number of allylic oxidation sites excluding steroid dienone is 1. The number of nitrogens with one attached hydrogen (secondary N) is 1.